The van der Waals surface area contributed by atoms with Gasteiger partial charge in [0, 0.05) is 44.0 Å². The number of anilines is 1. The summed E-state index contributed by atoms with van der Waals surface area (Å²) in [5.41, 5.74) is 0.918. The number of piperidine rings is 1. The SMILES string of the molecule is CC1CCCC(C)N1S(=O)(=O)c1ccsc1C(=O)N1CCN(c2ccc(F)cc2)CC1. The van der Waals surface area contributed by atoms with E-state index in [4.69, 9.17) is 0 Å². The number of carbonyl (C=O) groups excluding carboxylic acids is 1. The van der Waals surface area contributed by atoms with Crippen LogP contribution in [0.1, 0.15) is 42.8 Å². The number of hydrogen-bond donors (Lipinski definition) is 0. The molecule has 2 fully saturated rings. The van der Waals surface area contributed by atoms with Crippen molar-refractivity contribution in [2.45, 2.75) is 50.1 Å². The molecular weight excluding hydrogens is 437 g/mol. The predicted octanol–water partition coefficient (Wildman–Crippen LogP) is 3.80. The summed E-state index contributed by atoms with van der Waals surface area (Å²) in [5.74, 6) is -0.508. The third kappa shape index (κ3) is 4.36. The Morgan fingerprint density at radius 1 is 1.00 bits per heavy atom. The highest BCUT2D eigenvalue weighted by atomic mass is 32.2. The van der Waals surface area contributed by atoms with Gasteiger partial charge in [-0.05, 0) is 62.4 Å². The van der Waals surface area contributed by atoms with Crippen LogP contribution in [0.3, 0.4) is 0 Å². The van der Waals surface area contributed by atoms with Gasteiger partial charge in [-0.25, -0.2) is 12.8 Å². The molecule has 9 heteroatoms. The lowest BCUT2D eigenvalue weighted by molar-refractivity contribution is 0.0747. The van der Waals surface area contributed by atoms with Gasteiger partial charge < -0.3 is 9.80 Å². The summed E-state index contributed by atoms with van der Waals surface area (Å²) >= 11 is 1.19. The highest BCUT2D eigenvalue weighted by Crippen LogP contribution is 2.33. The third-order valence-electron chi connectivity index (χ3n) is 6.25. The first kappa shape index (κ1) is 22.2. The fourth-order valence-corrected chi connectivity index (χ4v) is 7.85. The molecule has 6 nitrogen and oxygen atoms in total. The number of amides is 1. The summed E-state index contributed by atoms with van der Waals surface area (Å²) in [6.45, 7) is 6.09. The average molecular weight is 466 g/mol. The van der Waals surface area contributed by atoms with Gasteiger partial charge in [0.05, 0.1) is 0 Å². The van der Waals surface area contributed by atoms with Crippen molar-refractivity contribution in [2.24, 2.45) is 0 Å². The molecule has 0 saturated carbocycles. The Kier molecular flexibility index (Phi) is 6.37. The van der Waals surface area contributed by atoms with E-state index in [1.807, 2.05) is 13.8 Å². The van der Waals surface area contributed by atoms with Crippen LogP contribution in [0.2, 0.25) is 0 Å². The molecule has 0 radical (unpaired) electrons. The van der Waals surface area contributed by atoms with Gasteiger partial charge in [0.15, 0.2) is 0 Å². The molecule has 1 aromatic heterocycles. The number of rotatable bonds is 4. The lowest BCUT2D eigenvalue weighted by Gasteiger charge is -2.38. The lowest BCUT2D eigenvalue weighted by Crippen LogP contribution is -2.49. The monoisotopic (exact) mass is 465 g/mol. The van der Waals surface area contributed by atoms with E-state index in [1.165, 1.54) is 23.5 Å². The first-order valence-corrected chi connectivity index (χ1v) is 13.0. The van der Waals surface area contributed by atoms with Crippen LogP contribution in [-0.4, -0.2) is 61.8 Å². The maximum Gasteiger partial charge on any atom is 0.265 e. The van der Waals surface area contributed by atoms with E-state index < -0.39 is 10.0 Å². The van der Waals surface area contributed by atoms with Crippen LogP contribution in [0.15, 0.2) is 40.6 Å². The fraction of sp³-hybridized carbons (Fsp3) is 0.500. The number of sulfonamides is 1. The Bertz CT molecular complexity index is 1020. The molecule has 2 aromatic rings. The van der Waals surface area contributed by atoms with Crippen molar-refractivity contribution in [1.82, 2.24) is 9.21 Å². The van der Waals surface area contributed by atoms with Gasteiger partial charge in [0.1, 0.15) is 15.6 Å². The normalized spacial score (nSPS) is 23.2. The Labute approximate surface area is 187 Å². The molecule has 0 bridgehead atoms. The second-order valence-electron chi connectivity index (χ2n) is 8.33. The molecule has 1 aromatic carbocycles. The second kappa shape index (κ2) is 8.88. The van der Waals surface area contributed by atoms with Crippen LogP contribution in [0.25, 0.3) is 0 Å². The van der Waals surface area contributed by atoms with E-state index in [9.17, 15) is 17.6 Å². The molecule has 0 N–H and O–H groups in total. The minimum absolute atomic E-state index is 0.0733. The van der Waals surface area contributed by atoms with Crippen molar-refractivity contribution in [3.63, 3.8) is 0 Å². The highest BCUT2D eigenvalue weighted by molar-refractivity contribution is 7.89. The Morgan fingerprint density at radius 2 is 1.61 bits per heavy atom. The molecule has 0 aliphatic carbocycles. The van der Waals surface area contributed by atoms with Gasteiger partial charge in [-0.1, -0.05) is 6.42 Å². The first-order chi connectivity index (χ1) is 14.8. The van der Waals surface area contributed by atoms with Crippen molar-refractivity contribution >= 4 is 33.0 Å². The van der Waals surface area contributed by atoms with Gasteiger partial charge in [-0.15, -0.1) is 11.3 Å². The fourth-order valence-electron chi connectivity index (χ4n) is 4.60. The van der Waals surface area contributed by atoms with E-state index in [1.54, 1.807) is 32.8 Å². The standard InChI is InChI=1S/C22H28FN3O3S2/c1-16-4-3-5-17(2)26(16)31(28,29)20-10-15-30-21(20)22(27)25-13-11-24(12-14-25)19-8-6-18(23)7-9-19/h6-10,15-17H,3-5,11-14H2,1-2H3. The largest absolute Gasteiger partial charge is 0.368 e. The van der Waals surface area contributed by atoms with Crippen molar-refractivity contribution in [3.05, 3.63) is 46.4 Å². The summed E-state index contributed by atoms with van der Waals surface area (Å²) in [6.07, 6.45) is 2.69. The highest BCUT2D eigenvalue weighted by Gasteiger charge is 2.39. The first-order valence-electron chi connectivity index (χ1n) is 10.7. The van der Waals surface area contributed by atoms with Crippen LogP contribution in [0.4, 0.5) is 10.1 Å². The van der Waals surface area contributed by atoms with E-state index in [2.05, 4.69) is 4.90 Å². The van der Waals surface area contributed by atoms with Crippen LogP contribution < -0.4 is 4.90 Å². The maximum atomic E-state index is 13.5. The number of thiophene rings is 1. The van der Waals surface area contributed by atoms with E-state index in [-0.39, 0.29) is 28.7 Å². The summed E-state index contributed by atoms with van der Waals surface area (Å²) in [4.78, 5) is 17.5. The number of nitrogens with zero attached hydrogens (tertiary/aromatic N) is 3. The molecular formula is C22H28FN3O3S2. The maximum absolute atomic E-state index is 13.5. The van der Waals surface area contributed by atoms with Gasteiger partial charge in [0.25, 0.3) is 5.91 Å². The quantitative estimate of drug-likeness (QED) is 0.689. The van der Waals surface area contributed by atoms with E-state index >= 15 is 0 Å². The van der Waals surface area contributed by atoms with Crippen molar-refractivity contribution in [1.29, 1.82) is 0 Å². The van der Waals surface area contributed by atoms with Crippen LogP contribution in [-0.2, 0) is 10.0 Å². The molecule has 0 spiro atoms. The molecule has 3 heterocycles. The van der Waals surface area contributed by atoms with Crippen LogP contribution in [0, 0.1) is 5.82 Å². The minimum Gasteiger partial charge on any atom is -0.368 e. The van der Waals surface area contributed by atoms with Crippen molar-refractivity contribution < 1.29 is 17.6 Å². The molecule has 31 heavy (non-hydrogen) atoms. The zero-order valence-electron chi connectivity index (χ0n) is 17.8. The number of carbonyl (C=O) groups is 1. The molecule has 2 aliphatic heterocycles. The Hall–Kier alpha value is -1.97. The van der Waals surface area contributed by atoms with Crippen LogP contribution >= 0.6 is 11.3 Å². The number of piperazine rings is 1. The third-order valence-corrected chi connectivity index (χ3v) is 9.45. The predicted molar refractivity (Wildman–Crippen MR) is 121 cm³/mol. The summed E-state index contributed by atoms with van der Waals surface area (Å²) in [7, 11) is -3.74. The Morgan fingerprint density at radius 3 is 2.23 bits per heavy atom. The minimum atomic E-state index is -3.74. The van der Waals surface area contributed by atoms with Gasteiger partial charge in [-0.2, -0.15) is 4.31 Å². The number of benzene rings is 1. The van der Waals surface area contributed by atoms with Gasteiger partial charge in [-0.3, -0.25) is 4.79 Å². The zero-order valence-corrected chi connectivity index (χ0v) is 19.5. The number of hydrogen-bond acceptors (Lipinski definition) is 5. The zero-order chi connectivity index (χ0) is 22.2. The lowest BCUT2D eigenvalue weighted by atomic mass is 10.0. The van der Waals surface area contributed by atoms with E-state index in [0.29, 0.717) is 31.1 Å². The summed E-state index contributed by atoms with van der Waals surface area (Å²) < 4.78 is 41.7. The number of halogens is 1. The molecule has 2 aliphatic rings. The molecule has 2 saturated heterocycles. The van der Waals surface area contributed by atoms with Gasteiger partial charge >= 0.3 is 0 Å². The second-order valence-corrected chi connectivity index (χ2v) is 11.1. The molecule has 4 rings (SSSR count). The smallest absolute Gasteiger partial charge is 0.265 e. The Balaban J connectivity index is 1.50. The van der Waals surface area contributed by atoms with Crippen molar-refractivity contribution in [2.75, 3.05) is 31.1 Å². The average Bonchev–Trinajstić information content (AvgIpc) is 3.25. The van der Waals surface area contributed by atoms with Gasteiger partial charge in [0.2, 0.25) is 10.0 Å². The van der Waals surface area contributed by atoms with Crippen molar-refractivity contribution in [3.8, 4) is 0 Å². The summed E-state index contributed by atoms with van der Waals surface area (Å²) in [6, 6.07) is 7.74. The molecule has 168 valence electrons. The van der Waals surface area contributed by atoms with Crippen LogP contribution in [0.5, 0.6) is 0 Å². The summed E-state index contributed by atoms with van der Waals surface area (Å²) in [5, 5.41) is 1.69. The van der Waals surface area contributed by atoms with E-state index in [0.717, 1.165) is 24.9 Å². The molecule has 2 unspecified atom stereocenters. The topological polar surface area (TPSA) is 60.9 Å². The molecule has 1 amide bonds. The molecule has 2 atom stereocenters.